The van der Waals surface area contributed by atoms with Gasteiger partial charge in [0.25, 0.3) is 0 Å². The number of carboxylic acids is 1. The highest BCUT2D eigenvalue weighted by Gasteiger charge is 2.51. The predicted molar refractivity (Wildman–Crippen MR) is 78.9 cm³/mol. The largest absolute Gasteiger partial charge is 0.481 e. The molecule has 1 aliphatic carbocycles. The van der Waals surface area contributed by atoms with Crippen molar-refractivity contribution >= 4 is 33.5 Å². The van der Waals surface area contributed by atoms with Gasteiger partial charge in [-0.05, 0) is 36.6 Å². The summed E-state index contributed by atoms with van der Waals surface area (Å²) in [7, 11) is 0. The Morgan fingerprint density at radius 2 is 2.05 bits per heavy atom. The van der Waals surface area contributed by atoms with E-state index in [-0.39, 0.29) is 18.9 Å². The molecule has 106 valence electrons. The first-order valence-corrected chi connectivity index (χ1v) is 7.68. The van der Waals surface area contributed by atoms with Crippen molar-refractivity contribution in [2.24, 2.45) is 0 Å². The molecule has 1 saturated carbocycles. The van der Waals surface area contributed by atoms with Crippen molar-refractivity contribution in [2.75, 3.05) is 11.4 Å². The molecule has 1 spiro atoms. The first kappa shape index (κ1) is 13.6. The van der Waals surface area contributed by atoms with E-state index in [1.807, 2.05) is 18.2 Å². The maximum atomic E-state index is 12.8. The van der Waals surface area contributed by atoms with E-state index in [1.54, 1.807) is 4.90 Å². The molecule has 1 heterocycles. The standard InChI is InChI=1S/C15H16BrNO3/c16-10-3-4-12-11(9-10)15(6-1-2-7-15)14(20)17(12)8-5-13(18)19/h3-4,9H,1-2,5-8H2,(H,18,19). The minimum atomic E-state index is -0.871. The van der Waals surface area contributed by atoms with E-state index >= 15 is 0 Å². The van der Waals surface area contributed by atoms with Crippen molar-refractivity contribution in [3.8, 4) is 0 Å². The van der Waals surface area contributed by atoms with Crippen LogP contribution in [0.5, 0.6) is 0 Å². The van der Waals surface area contributed by atoms with Gasteiger partial charge in [-0.3, -0.25) is 9.59 Å². The SMILES string of the molecule is O=C(O)CCN1C(=O)C2(CCCC2)c2cc(Br)ccc21. The third-order valence-electron chi connectivity index (χ3n) is 4.43. The molecule has 0 saturated heterocycles. The average molecular weight is 338 g/mol. The summed E-state index contributed by atoms with van der Waals surface area (Å²) >= 11 is 3.47. The molecular weight excluding hydrogens is 322 g/mol. The number of fused-ring (bicyclic) bond motifs is 2. The Balaban J connectivity index is 2.03. The number of hydrogen-bond acceptors (Lipinski definition) is 2. The van der Waals surface area contributed by atoms with Crippen LogP contribution in [-0.4, -0.2) is 23.5 Å². The minimum absolute atomic E-state index is 0.0165. The zero-order valence-electron chi connectivity index (χ0n) is 11.1. The highest BCUT2D eigenvalue weighted by Crippen LogP contribution is 2.51. The fraction of sp³-hybridized carbons (Fsp3) is 0.467. The van der Waals surface area contributed by atoms with Crippen LogP contribution in [0.2, 0.25) is 0 Å². The molecule has 0 radical (unpaired) electrons. The fourth-order valence-electron chi connectivity index (χ4n) is 3.50. The summed E-state index contributed by atoms with van der Waals surface area (Å²) in [5, 5.41) is 8.86. The van der Waals surface area contributed by atoms with Gasteiger partial charge in [0.2, 0.25) is 5.91 Å². The van der Waals surface area contributed by atoms with E-state index in [1.165, 1.54) is 0 Å². The number of carbonyl (C=O) groups excluding carboxylic acids is 1. The number of amides is 1. The number of rotatable bonds is 3. The van der Waals surface area contributed by atoms with E-state index in [2.05, 4.69) is 15.9 Å². The molecule has 2 aliphatic rings. The summed E-state index contributed by atoms with van der Waals surface area (Å²) in [5.74, 6) is -0.784. The number of anilines is 1. The molecule has 3 rings (SSSR count). The van der Waals surface area contributed by atoms with Crippen LogP contribution < -0.4 is 4.90 Å². The van der Waals surface area contributed by atoms with Gasteiger partial charge in [-0.2, -0.15) is 0 Å². The fourth-order valence-corrected chi connectivity index (χ4v) is 3.86. The van der Waals surface area contributed by atoms with Gasteiger partial charge in [-0.1, -0.05) is 28.8 Å². The summed E-state index contributed by atoms with van der Waals surface area (Å²) in [4.78, 5) is 25.3. The van der Waals surface area contributed by atoms with E-state index in [9.17, 15) is 9.59 Å². The number of carboxylic acid groups (broad SMARTS) is 1. The molecule has 0 bridgehead atoms. The maximum absolute atomic E-state index is 12.8. The molecule has 1 aromatic rings. The van der Waals surface area contributed by atoms with Crippen molar-refractivity contribution in [1.29, 1.82) is 0 Å². The Bertz CT molecular complexity index is 578. The average Bonchev–Trinajstić information content (AvgIpc) is 2.97. The molecule has 20 heavy (non-hydrogen) atoms. The van der Waals surface area contributed by atoms with Crippen molar-refractivity contribution in [2.45, 2.75) is 37.5 Å². The molecule has 1 fully saturated rings. The Kier molecular flexibility index (Phi) is 3.32. The van der Waals surface area contributed by atoms with Crippen molar-refractivity contribution in [1.82, 2.24) is 0 Å². The van der Waals surface area contributed by atoms with Crippen LogP contribution >= 0.6 is 15.9 Å². The Morgan fingerprint density at radius 3 is 2.70 bits per heavy atom. The number of hydrogen-bond donors (Lipinski definition) is 1. The summed E-state index contributed by atoms with van der Waals surface area (Å²) < 4.78 is 0.968. The normalized spacial score (nSPS) is 19.6. The summed E-state index contributed by atoms with van der Waals surface area (Å²) in [6, 6.07) is 5.86. The van der Waals surface area contributed by atoms with Gasteiger partial charge in [0.15, 0.2) is 0 Å². The summed E-state index contributed by atoms with van der Waals surface area (Å²) in [6.45, 7) is 0.255. The lowest BCUT2D eigenvalue weighted by Crippen LogP contribution is -2.39. The molecule has 1 amide bonds. The Morgan fingerprint density at radius 1 is 1.35 bits per heavy atom. The molecule has 5 heteroatoms. The Labute approximate surface area is 125 Å². The van der Waals surface area contributed by atoms with Crippen LogP contribution in [0.3, 0.4) is 0 Å². The highest BCUT2D eigenvalue weighted by atomic mass is 79.9. The van der Waals surface area contributed by atoms with E-state index < -0.39 is 11.4 Å². The predicted octanol–water partition coefficient (Wildman–Crippen LogP) is 3.08. The molecule has 1 aliphatic heterocycles. The van der Waals surface area contributed by atoms with Crippen molar-refractivity contribution in [3.05, 3.63) is 28.2 Å². The van der Waals surface area contributed by atoms with Gasteiger partial charge in [-0.25, -0.2) is 0 Å². The zero-order chi connectivity index (χ0) is 14.3. The van der Waals surface area contributed by atoms with Gasteiger partial charge >= 0.3 is 5.97 Å². The monoisotopic (exact) mass is 337 g/mol. The second kappa shape index (κ2) is 4.88. The molecule has 4 nitrogen and oxygen atoms in total. The lowest BCUT2D eigenvalue weighted by molar-refractivity contribution is -0.136. The number of benzene rings is 1. The van der Waals surface area contributed by atoms with Crippen LogP contribution in [0.25, 0.3) is 0 Å². The molecule has 1 N–H and O–H groups in total. The van der Waals surface area contributed by atoms with Crippen LogP contribution in [0.1, 0.15) is 37.7 Å². The molecule has 1 aromatic carbocycles. The lowest BCUT2D eigenvalue weighted by Gasteiger charge is -2.23. The molecule has 0 atom stereocenters. The van der Waals surface area contributed by atoms with Gasteiger partial charge in [-0.15, -0.1) is 0 Å². The van der Waals surface area contributed by atoms with Crippen LogP contribution in [0.15, 0.2) is 22.7 Å². The molecular formula is C15H16BrNO3. The third-order valence-corrected chi connectivity index (χ3v) is 4.92. The number of halogens is 1. The van der Waals surface area contributed by atoms with Crippen LogP contribution in [0.4, 0.5) is 5.69 Å². The Hall–Kier alpha value is -1.36. The van der Waals surface area contributed by atoms with E-state index in [4.69, 9.17) is 5.11 Å². The zero-order valence-corrected chi connectivity index (χ0v) is 12.6. The van der Waals surface area contributed by atoms with E-state index in [0.29, 0.717) is 0 Å². The second-order valence-electron chi connectivity index (χ2n) is 5.55. The maximum Gasteiger partial charge on any atom is 0.305 e. The summed E-state index contributed by atoms with van der Waals surface area (Å²) in [5.41, 5.74) is 1.55. The number of carbonyl (C=O) groups is 2. The van der Waals surface area contributed by atoms with Crippen molar-refractivity contribution in [3.63, 3.8) is 0 Å². The van der Waals surface area contributed by atoms with Gasteiger partial charge < -0.3 is 10.0 Å². The second-order valence-corrected chi connectivity index (χ2v) is 6.47. The summed E-state index contributed by atoms with van der Waals surface area (Å²) in [6.07, 6.45) is 3.85. The van der Waals surface area contributed by atoms with Crippen LogP contribution in [-0.2, 0) is 15.0 Å². The van der Waals surface area contributed by atoms with Crippen molar-refractivity contribution < 1.29 is 14.7 Å². The van der Waals surface area contributed by atoms with Gasteiger partial charge in [0, 0.05) is 16.7 Å². The smallest absolute Gasteiger partial charge is 0.305 e. The lowest BCUT2D eigenvalue weighted by atomic mass is 9.80. The molecule has 0 aromatic heterocycles. The number of aliphatic carboxylic acids is 1. The van der Waals surface area contributed by atoms with E-state index in [0.717, 1.165) is 41.4 Å². The molecule has 0 unspecified atom stereocenters. The topological polar surface area (TPSA) is 57.6 Å². The van der Waals surface area contributed by atoms with Crippen LogP contribution in [0, 0.1) is 0 Å². The quantitative estimate of drug-likeness (QED) is 0.921. The van der Waals surface area contributed by atoms with Gasteiger partial charge in [0.05, 0.1) is 11.8 Å². The minimum Gasteiger partial charge on any atom is -0.481 e. The highest BCUT2D eigenvalue weighted by molar-refractivity contribution is 9.10. The first-order valence-electron chi connectivity index (χ1n) is 6.88. The first-order chi connectivity index (χ1) is 9.54. The third kappa shape index (κ3) is 1.95. The van der Waals surface area contributed by atoms with Gasteiger partial charge in [0.1, 0.15) is 0 Å². The number of nitrogens with zero attached hydrogens (tertiary/aromatic N) is 1.